The molecule has 0 aliphatic rings. The van der Waals surface area contributed by atoms with E-state index in [4.69, 9.17) is 9.47 Å². The Labute approximate surface area is 116 Å². The number of ether oxygens (including phenoxy) is 2. The molecule has 2 rings (SSSR count). The molecule has 1 aromatic carbocycles. The predicted octanol–water partition coefficient (Wildman–Crippen LogP) is 2.20. The highest BCUT2D eigenvalue weighted by molar-refractivity contribution is 5.90. The molecule has 0 amide bonds. The lowest BCUT2D eigenvalue weighted by Crippen LogP contribution is -2.04. The van der Waals surface area contributed by atoms with Crippen molar-refractivity contribution in [2.75, 3.05) is 14.2 Å². The van der Waals surface area contributed by atoms with Gasteiger partial charge in [0.05, 0.1) is 25.6 Å². The molecule has 1 aromatic heterocycles. The van der Waals surface area contributed by atoms with Crippen molar-refractivity contribution < 1.29 is 19.4 Å². The summed E-state index contributed by atoms with van der Waals surface area (Å²) >= 11 is 0. The zero-order chi connectivity index (χ0) is 14.9. The number of aromatic nitrogens is 2. The standard InChI is InChI=1S/C14H16N2O4/c1-8-13(14(17)18)9(2)16(15-8)11-6-5-10(19-3)7-12(11)20-4/h5-7H,1-4H3,(H,17,18). The van der Waals surface area contributed by atoms with Crippen molar-refractivity contribution in [1.29, 1.82) is 0 Å². The van der Waals surface area contributed by atoms with Crippen LogP contribution >= 0.6 is 0 Å². The Kier molecular flexibility index (Phi) is 3.65. The molecule has 0 radical (unpaired) electrons. The van der Waals surface area contributed by atoms with E-state index in [-0.39, 0.29) is 5.56 Å². The van der Waals surface area contributed by atoms with Crippen molar-refractivity contribution in [2.24, 2.45) is 0 Å². The third-order valence-electron chi connectivity index (χ3n) is 3.12. The number of aromatic carboxylic acids is 1. The van der Waals surface area contributed by atoms with Crippen molar-refractivity contribution in [3.8, 4) is 17.2 Å². The van der Waals surface area contributed by atoms with Crippen molar-refractivity contribution >= 4 is 5.97 Å². The zero-order valence-electron chi connectivity index (χ0n) is 11.8. The average Bonchev–Trinajstić information content (AvgIpc) is 2.73. The van der Waals surface area contributed by atoms with Gasteiger partial charge in [0.2, 0.25) is 0 Å². The Bertz CT molecular complexity index is 661. The van der Waals surface area contributed by atoms with E-state index in [0.29, 0.717) is 28.6 Å². The van der Waals surface area contributed by atoms with Crippen LogP contribution in [0.25, 0.3) is 5.69 Å². The van der Waals surface area contributed by atoms with Crippen LogP contribution in [0.5, 0.6) is 11.5 Å². The number of carboxylic acids is 1. The van der Waals surface area contributed by atoms with Gasteiger partial charge in [-0.3, -0.25) is 0 Å². The summed E-state index contributed by atoms with van der Waals surface area (Å²) in [5.41, 5.74) is 1.90. The maximum absolute atomic E-state index is 11.2. The first-order valence-corrected chi connectivity index (χ1v) is 6.01. The monoisotopic (exact) mass is 276 g/mol. The maximum atomic E-state index is 11.2. The fourth-order valence-electron chi connectivity index (χ4n) is 2.15. The van der Waals surface area contributed by atoms with Crippen LogP contribution in [-0.4, -0.2) is 35.1 Å². The molecule has 6 heteroatoms. The second kappa shape index (κ2) is 5.24. The number of carboxylic acid groups (broad SMARTS) is 1. The maximum Gasteiger partial charge on any atom is 0.339 e. The lowest BCUT2D eigenvalue weighted by molar-refractivity contribution is 0.0695. The average molecular weight is 276 g/mol. The van der Waals surface area contributed by atoms with Crippen LogP contribution < -0.4 is 9.47 Å². The van der Waals surface area contributed by atoms with E-state index < -0.39 is 5.97 Å². The van der Waals surface area contributed by atoms with Crippen LogP contribution in [-0.2, 0) is 0 Å². The summed E-state index contributed by atoms with van der Waals surface area (Å²) in [6.45, 7) is 3.38. The first-order chi connectivity index (χ1) is 9.49. The van der Waals surface area contributed by atoms with Crippen LogP contribution in [0, 0.1) is 13.8 Å². The molecular formula is C14H16N2O4. The summed E-state index contributed by atoms with van der Waals surface area (Å²) in [5, 5.41) is 13.5. The van der Waals surface area contributed by atoms with Crippen LogP contribution in [0.2, 0.25) is 0 Å². The van der Waals surface area contributed by atoms with E-state index in [1.165, 1.54) is 0 Å². The van der Waals surface area contributed by atoms with Gasteiger partial charge in [-0.1, -0.05) is 0 Å². The Morgan fingerprint density at radius 2 is 1.95 bits per heavy atom. The minimum absolute atomic E-state index is 0.211. The lowest BCUT2D eigenvalue weighted by atomic mass is 10.2. The summed E-state index contributed by atoms with van der Waals surface area (Å²) in [5.74, 6) is 0.233. The second-order valence-electron chi connectivity index (χ2n) is 4.30. The minimum atomic E-state index is -0.987. The molecule has 0 unspecified atom stereocenters. The van der Waals surface area contributed by atoms with Gasteiger partial charge in [-0.25, -0.2) is 9.48 Å². The molecule has 0 spiro atoms. The largest absolute Gasteiger partial charge is 0.497 e. The molecule has 2 aromatic rings. The van der Waals surface area contributed by atoms with Crippen molar-refractivity contribution in [2.45, 2.75) is 13.8 Å². The molecule has 1 N–H and O–H groups in total. The fourth-order valence-corrected chi connectivity index (χ4v) is 2.15. The van der Waals surface area contributed by atoms with Gasteiger partial charge in [0, 0.05) is 6.07 Å². The molecule has 106 valence electrons. The summed E-state index contributed by atoms with van der Waals surface area (Å²) < 4.78 is 12.0. The third-order valence-corrected chi connectivity index (χ3v) is 3.12. The Morgan fingerprint density at radius 3 is 2.45 bits per heavy atom. The fraction of sp³-hybridized carbons (Fsp3) is 0.286. The molecule has 0 saturated heterocycles. The highest BCUT2D eigenvalue weighted by atomic mass is 16.5. The van der Waals surface area contributed by atoms with E-state index in [2.05, 4.69) is 5.10 Å². The van der Waals surface area contributed by atoms with Gasteiger partial charge < -0.3 is 14.6 Å². The van der Waals surface area contributed by atoms with Gasteiger partial charge in [-0.15, -0.1) is 0 Å². The van der Waals surface area contributed by atoms with Crippen LogP contribution in [0.1, 0.15) is 21.7 Å². The van der Waals surface area contributed by atoms with Crippen LogP contribution in [0.3, 0.4) is 0 Å². The summed E-state index contributed by atoms with van der Waals surface area (Å²) in [4.78, 5) is 11.2. The molecule has 0 saturated carbocycles. The number of rotatable bonds is 4. The van der Waals surface area contributed by atoms with Crippen LogP contribution in [0.15, 0.2) is 18.2 Å². The highest BCUT2D eigenvalue weighted by Gasteiger charge is 2.20. The third kappa shape index (κ3) is 2.20. The summed E-state index contributed by atoms with van der Waals surface area (Å²) in [6.07, 6.45) is 0. The van der Waals surface area contributed by atoms with E-state index in [1.54, 1.807) is 50.9 Å². The van der Waals surface area contributed by atoms with Crippen molar-refractivity contribution in [1.82, 2.24) is 9.78 Å². The number of hydrogen-bond donors (Lipinski definition) is 1. The molecule has 0 aliphatic heterocycles. The molecular weight excluding hydrogens is 260 g/mol. The normalized spacial score (nSPS) is 10.4. The molecule has 1 heterocycles. The van der Waals surface area contributed by atoms with Gasteiger partial charge in [0.15, 0.2) is 0 Å². The zero-order valence-corrected chi connectivity index (χ0v) is 11.8. The molecule has 6 nitrogen and oxygen atoms in total. The Morgan fingerprint density at radius 1 is 1.25 bits per heavy atom. The van der Waals surface area contributed by atoms with E-state index in [9.17, 15) is 9.90 Å². The van der Waals surface area contributed by atoms with Crippen LogP contribution in [0.4, 0.5) is 0 Å². The first-order valence-electron chi connectivity index (χ1n) is 6.01. The first kappa shape index (κ1) is 13.9. The summed E-state index contributed by atoms with van der Waals surface area (Å²) in [6, 6.07) is 5.28. The van der Waals surface area contributed by atoms with Crippen molar-refractivity contribution in [3.05, 3.63) is 35.2 Å². The van der Waals surface area contributed by atoms with Gasteiger partial charge in [0.1, 0.15) is 22.7 Å². The van der Waals surface area contributed by atoms with Gasteiger partial charge in [0.25, 0.3) is 0 Å². The topological polar surface area (TPSA) is 73.6 Å². The number of aryl methyl sites for hydroxylation is 1. The SMILES string of the molecule is COc1ccc(-n2nc(C)c(C(=O)O)c2C)c(OC)c1. The summed E-state index contributed by atoms with van der Waals surface area (Å²) in [7, 11) is 3.11. The Balaban J connectivity index is 2.63. The van der Waals surface area contributed by atoms with E-state index >= 15 is 0 Å². The number of carbonyl (C=O) groups is 1. The number of methoxy groups -OCH3 is 2. The quantitative estimate of drug-likeness (QED) is 0.926. The number of nitrogens with zero attached hydrogens (tertiary/aromatic N) is 2. The minimum Gasteiger partial charge on any atom is -0.497 e. The van der Waals surface area contributed by atoms with Gasteiger partial charge in [-0.05, 0) is 26.0 Å². The molecule has 0 bridgehead atoms. The van der Waals surface area contributed by atoms with E-state index in [1.807, 2.05) is 0 Å². The molecule has 20 heavy (non-hydrogen) atoms. The molecule has 0 fully saturated rings. The second-order valence-corrected chi connectivity index (χ2v) is 4.30. The smallest absolute Gasteiger partial charge is 0.339 e. The van der Waals surface area contributed by atoms with Gasteiger partial charge in [-0.2, -0.15) is 5.10 Å². The van der Waals surface area contributed by atoms with Gasteiger partial charge >= 0.3 is 5.97 Å². The van der Waals surface area contributed by atoms with E-state index in [0.717, 1.165) is 0 Å². The number of benzene rings is 1. The number of hydrogen-bond acceptors (Lipinski definition) is 4. The lowest BCUT2D eigenvalue weighted by Gasteiger charge is -2.11. The predicted molar refractivity (Wildman–Crippen MR) is 73.1 cm³/mol. The Hall–Kier alpha value is -2.50. The van der Waals surface area contributed by atoms with Crippen molar-refractivity contribution in [3.63, 3.8) is 0 Å². The molecule has 0 atom stereocenters. The molecule has 0 aliphatic carbocycles. The highest BCUT2D eigenvalue weighted by Crippen LogP contribution is 2.29.